The molecule has 122 valence electrons. The highest BCUT2D eigenvalue weighted by molar-refractivity contribution is 5.98. The lowest BCUT2D eigenvalue weighted by Crippen LogP contribution is -2.29. The van der Waals surface area contributed by atoms with Gasteiger partial charge in [0.1, 0.15) is 5.75 Å². The molecule has 2 aromatic rings. The van der Waals surface area contributed by atoms with Crippen molar-refractivity contribution in [3.8, 4) is 5.75 Å². The Labute approximate surface area is 138 Å². The van der Waals surface area contributed by atoms with Crippen LogP contribution in [0.5, 0.6) is 5.75 Å². The molecule has 23 heavy (non-hydrogen) atoms. The Hall–Kier alpha value is -2.13. The van der Waals surface area contributed by atoms with Crippen molar-refractivity contribution in [2.75, 3.05) is 27.7 Å². The SMILES string of the molecule is COc1cccc(C(=O)C(Cc2cccc(C)c2)CN(C)C)c1. The van der Waals surface area contributed by atoms with Gasteiger partial charge in [-0.25, -0.2) is 0 Å². The molecule has 0 saturated heterocycles. The van der Waals surface area contributed by atoms with Crippen molar-refractivity contribution in [3.05, 3.63) is 65.2 Å². The molecule has 0 radical (unpaired) electrons. The van der Waals surface area contributed by atoms with Gasteiger partial charge in [0, 0.05) is 18.0 Å². The van der Waals surface area contributed by atoms with Gasteiger partial charge in [-0.2, -0.15) is 0 Å². The van der Waals surface area contributed by atoms with Gasteiger partial charge < -0.3 is 9.64 Å². The van der Waals surface area contributed by atoms with Crippen LogP contribution in [0.3, 0.4) is 0 Å². The van der Waals surface area contributed by atoms with Crippen molar-refractivity contribution in [2.45, 2.75) is 13.3 Å². The highest BCUT2D eigenvalue weighted by Gasteiger charge is 2.21. The Balaban J connectivity index is 2.24. The van der Waals surface area contributed by atoms with Gasteiger partial charge in [-0.05, 0) is 45.1 Å². The summed E-state index contributed by atoms with van der Waals surface area (Å²) in [6, 6.07) is 15.8. The number of ether oxygens (including phenoxy) is 1. The molecule has 3 nitrogen and oxygen atoms in total. The van der Waals surface area contributed by atoms with Crippen LogP contribution in [-0.2, 0) is 6.42 Å². The monoisotopic (exact) mass is 311 g/mol. The predicted octanol–water partition coefficient (Wildman–Crippen LogP) is 3.61. The molecule has 2 aromatic carbocycles. The summed E-state index contributed by atoms with van der Waals surface area (Å²) in [4.78, 5) is 15.0. The van der Waals surface area contributed by atoms with E-state index in [1.54, 1.807) is 7.11 Å². The van der Waals surface area contributed by atoms with Crippen molar-refractivity contribution in [1.29, 1.82) is 0 Å². The van der Waals surface area contributed by atoms with Crippen LogP contribution in [0.4, 0.5) is 0 Å². The fraction of sp³-hybridized carbons (Fsp3) is 0.350. The third-order valence-corrected chi connectivity index (χ3v) is 3.88. The third kappa shape index (κ3) is 4.93. The highest BCUT2D eigenvalue weighted by atomic mass is 16.5. The maximum atomic E-state index is 13.0. The molecule has 0 aromatic heterocycles. The molecule has 1 atom stereocenters. The first kappa shape index (κ1) is 17.2. The molecule has 0 bridgehead atoms. The minimum Gasteiger partial charge on any atom is -0.497 e. The van der Waals surface area contributed by atoms with Crippen molar-refractivity contribution in [3.63, 3.8) is 0 Å². The van der Waals surface area contributed by atoms with E-state index in [9.17, 15) is 4.79 Å². The number of Topliss-reactive ketones (excluding diaryl/α,β-unsaturated/α-hetero) is 1. The second kappa shape index (κ2) is 7.93. The summed E-state index contributed by atoms with van der Waals surface area (Å²) in [6.07, 6.45) is 0.746. The molecule has 0 heterocycles. The van der Waals surface area contributed by atoms with Crippen LogP contribution in [0.25, 0.3) is 0 Å². The first-order chi connectivity index (χ1) is 11.0. The van der Waals surface area contributed by atoms with Gasteiger partial charge in [0.15, 0.2) is 5.78 Å². The van der Waals surface area contributed by atoms with Gasteiger partial charge >= 0.3 is 0 Å². The van der Waals surface area contributed by atoms with Gasteiger partial charge in [-0.15, -0.1) is 0 Å². The second-order valence-corrected chi connectivity index (χ2v) is 6.25. The predicted molar refractivity (Wildman–Crippen MR) is 94.3 cm³/mol. The molecule has 0 amide bonds. The number of ketones is 1. The molecule has 2 rings (SSSR count). The molecular formula is C20H25NO2. The summed E-state index contributed by atoms with van der Waals surface area (Å²) >= 11 is 0. The normalized spacial score (nSPS) is 12.2. The molecule has 0 N–H and O–H groups in total. The van der Waals surface area contributed by atoms with E-state index in [4.69, 9.17) is 4.74 Å². The molecule has 0 aliphatic heterocycles. The summed E-state index contributed by atoms with van der Waals surface area (Å²) in [5, 5.41) is 0. The maximum Gasteiger partial charge on any atom is 0.167 e. The minimum absolute atomic E-state index is 0.0705. The number of benzene rings is 2. The van der Waals surface area contributed by atoms with Gasteiger partial charge in [-0.1, -0.05) is 42.0 Å². The summed E-state index contributed by atoms with van der Waals surface area (Å²) in [6.45, 7) is 2.80. The Morgan fingerprint density at radius 1 is 1.13 bits per heavy atom. The number of hydrogen-bond acceptors (Lipinski definition) is 3. The van der Waals surface area contributed by atoms with Crippen molar-refractivity contribution in [2.24, 2.45) is 5.92 Å². The van der Waals surface area contributed by atoms with E-state index in [-0.39, 0.29) is 11.7 Å². The standard InChI is InChI=1S/C20H25NO2/c1-15-7-5-8-16(11-15)12-18(14-21(2)3)20(22)17-9-6-10-19(13-17)23-4/h5-11,13,18H,12,14H2,1-4H3. The topological polar surface area (TPSA) is 29.5 Å². The summed E-state index contributed by atoms with van der Waals surface area (Å²) in [5.41, 5.74) is 3.14. The van der Waals surface area contributed by atoms with E-state index in [1.807, 2.05) is 44.4 Å². The number of methoxy groups -OCH3 is 1. The third-order valence-electron chi connectivity index (χ3n) is 3.88. The Morgan fingerprint density at radius 2 is 1.87 bits per heavy atom. The van der Waals surface area contributed by atoms with Gasteiger partial charge in [0.25, 0.3) is 0 Å². The molecular weight excluding hydrogens is 286 g/mol. The van der Waals surface area contributed by atoms with E-state index in [2.05, 4.69) is 30.0 Å². The highest BCUT2D eigenvalue weighted by Crippen LogP contribution is 2.20. The van der Waals surface area contributed by atoms with Crippen LogP contribution in [0.2, 0.25) is 0 Å². The van der Waals surface area contributed by atoms with Crippen LogP contribution in [0.1, 0.15) is 21.5 Å². The van der Waals surface area contributed by atoms with E-state index < -0.39 is 0 Å². The fourth-order valence-corrected chi connectivity index (χ4v) is 2.82. The smallest absolute Gasteiger partial charge is 0.167 e. The minimum atomic E-state index is -0.0705. The number of carbonyl (C=O) groups excluding carboxylic acids is 1. The lowest BCUT2D eigenvalue weighted by molar-refractivity contribution is 0.0896. The first-order valence-electron chi connectivity index (χ1n) is 7.88. The Morgan fingerprint density at radius 3 is 2.52 bits per heavy atom. The van der Waals surface area contributed by atoms with Gasteiger partial charge in [-0.3, -0.25) is 4.79 Å². The molecule has 0 spiro atoms. The number of carbonyl (C=O) groups is 1. The molecule has 0 saturated carbocycles. The van der Waals surface area contributed by atoms with E-state index >= 15 is 0 Å². The number of nitrogens with zero attached hydrogens (tertiary/aromatic N) is 1. The van der Waals surface area contributed by atoms with Crippen LogP contribution >= 0.6 is 0 Å². The van der Waals surface area contributed by atoms with Gasteiger partial charge in [0.2, 0.25) is 0 Å². The van der Waals surface area contributed by atoms with Crippen LogP contribution in [-0.4, -0.2) is 38.4 Å². The van der Waals surface area contributed by atoms with Crippen LogP contribution in [0.15, 0.2) is 48.5 Å². The summed E-state index contributed by atoms with van der Waals surface area (Å²) in [5.74, 6) is 0.813. The Kier molecular flexibility index (Phi) is 5.94. The van der Waals surface area contributed by atoms with Crippen molar-refractivity contribution < 1.29 is 9.53 Å². The van der Waals surface area contributed by atoms with E-state index in [0.717, 1.165) is 18.7 Å². The van der Waals surface area contributed by atoms with E-state index in [1.165, 1.54) is 11.1 Å². The van der Waals surface area contributed by atoms with Gasteiger partial charge in [0.05, 0.1) is 7.11 Å². The summed E-state index contributed by atoms with van der Waals surface area (Å²) < 4.78 is 5.24. The van der Waals surface area contributed by atoms with Crippen LogP contribution in [0, 0.1) is 12.8 Å². The van der Waals surface area contributed by atoms with Crippen molar-refractivity contribution in [1.82, 2.24) is 4.90 Å². The number of aryl methyl sites for hydroxylation is 1. The zero-order chi connectivity index (χ0) is 16.8. The van der Waals surface area contributed by atoms with Crippen LogP contribution < -0.4 is 4.74 Å². The lowest BCUT2D eigenvalue weighted by Gasteiger charge is -2.20. The second-order valence-electron chi connectivity index (χ2n) is 6.25. The first-order valence-corrected chi connectivity index (χ1v) is 7.88. The zero-order valence-corrected chi connectivity index (χ0v) is 14.4. The lowest BCUT2D eigenvalue weighted by atomic mass is 9.90. The van der Waals surface area contributed by atoms with Crippen molar-refractivity contribution >= 4 is 5.78 Å². The Bertz CT molecular complexity index is 664. The fourth-order valence-electron chi connectivity index (χ4n) is 2.82. The quantitative estimate of drug-likeness (QED) is 0.732. The average Bonchev–Trinajstić information content (AvgIpc) is 2.53. The number of hydrogen-bond donors (Lipinski definition) is 0. The van der Waals surface area contributed by atoms with E-state index in [0.29, 0.717) is 5.56 Å². The molecule has 3 heteroatoms. The molecule has 0 fully saturated rings. The average molecular weight is 311 g/mol. The summed E-state index contributed by atoms with van der Waals surface area (Å²) in [7, 11) is 5.62. The maximum absolute atomic E-state index is 13.0. The number of rotatable bonds is 7. The largest absolute Gasteiger partial charge is 0.497 e. The zero-order valence-electron chi connectivity index (χ0n) is 14.4. The molecule has 1 unspecified atom stereocenters. The molecule has 0 aliphatic carbocycles. The molecule has 0 aliphatic rings.